The van der Waals surface area contributed by atoms with E-state index in [1.807, 2.05) is 0 Å². The normalized spacial score (nSPS) is 15.3. The van der Waals surface area contributed by atoms with E-state index in [1.165, 1.54) is 5.57 Å². The smallest absolute Gasteiger partial charge is 0.192 e. The van der Waals surface area contributed by atoms with Crippen molar-refractivity contribution in [2.24, 2.45) is 5.41 Å². The third-order valence-corrected chi connectivity index (χ3v) is 9.45. The maximum Gasteiger partial charge on any atom is 0.192 e. The number of carbonyl (C=O) groups is 1. The molecule has 0 aromatic carbocycles. The van der Waals surface area contributed by atoms with Gasteiger partial charge in [-0.3, -0.25) is 0 Å². The topological polar surface area (TPSA) is 26.3 Å². The van der Waals surface area contributed by atoms with Crippen LogP contribution in [0.15, 0.2) is 11.6 Å². The molecule has 0 aliphatic rings. The fraction of sp³-hybridized carbons (Fsp3) is 0.842. The van der Waals surface area contributed by atoms with Crippen molar-refractivity contribution in [3.05, 3.63) is 11.6 Å². The Labute approximate surface area is 139 Å². The van der Waals surface area contributed by atoms with Crippen molar-refractivity contribution >= 4 is 14.1 Å². The molecule has 0 aromatic heterocycles. The van der Waals surface area contributed by atoms with E-state index in [4.69, 9.17) is 4.43 Å². The van der Waals surface area contributed by atoms with Crippen LogP contribution in [0.5, 0.6) is 0 Å². The summed E-state index contributed by atoms with van der Waals surface area (Å²) in [6, 6.07) is 0. The zero-order valence-electron chi connectivity index (χ0n) is 16.4. The van der Waals surface area contributed by atoms with Gasteiger partial charge in [-0.25, -0.2) is 0 Å². The maximum absolute atomic E-state index is 11.4. The molecule has 0 aliphatic heterocycles. The Morgan fingerprint density at radius 1 is 1.05 bits per heavy atom. The predicted molar refractivity (Wildman–Crippen MR) is 99.8 cm³/mol. The van der Waals surface area contributed by atoms with E-state index in [-0.39, 0.29) is 16.2 Å². The molecule has 130 valence electrons. The first kappa shape index (κ1) is 21.6. The summed E-state index contributed by atoms with van der Waals surface area (Å²) in [4.78, 5) is 11.4. The van der Waals surface area contributed by atoms with Gasteiger partial charge in [-0.1, -0.05) is 39.3 Å². The van der Waals surface area contributed by atoms with Gasteiger partial charge in [0.05, 0.1) is 0 Å². The van der Waals surface area contributed by atoms with Crippen LogP contribution in [0, 0.1) is 5.41 Å². The molecule has 0 N–H and O–H groups in total. The standard InChI is InChI=1S/C19H38O2Si/c1-16(2)11-10-13-19(7,14-12-17(3)20)15-21-22(8,9)18(4,5)6/h11H,10,12-15H2,1-9H3/t19-/m1/s1. The van der Waals surface area contributed by atoms with E-state index < -0.39 is 8.32 Å². The third kappa shape index (κ3) is 8.28. The summed E-state index contributed by atoms with van der Waals surface area (Å²) >= 11 is 0. The fourth-order valence-corrected chi connectivity index (χ4v) is 3.17. The molecule has 0 amide bonds. The van der Waals surface area contributed by atoms with E-state index in [9.17, 15) is 4.79 Å². The first-order valence-electron chi connectivity index (χ1n) is 8.56. The Kier molecular flexibility index (Phi) is 8.28. The quantitative estimate of drug-likeness (QED) is 0.376. The number of hydrogen-bond acceptors (Lipinski definition) is 2. The van der Waals surface area contributed by atoms with Crippen molar-refractivity contribution < 1.29 is 9.22 Å². The average molecular weight is 327 g/mol. The minimum absolute atomic E-state index is 0.0904. The molecule has 0 aliphatic carbocycles. The molecule has 0 rings (SSSR count). The molecule has 3 heteroatoms. The van der Waals surface area contributed by atoms with Crippen LogP contribution in [0.2, 0.25) is 18.1 Å². The summed E-state index contributed by atoms with van der Waals surface area (Å²) in [5, 5.41) is 0.231. The highest BCUT2D eigenvalue weighted by Gasteiger charge is 2.39. The van der Waals surface area contributed by atoms with Crippen LogP contribution in [-0.2, 0) is 9.22 Å². The third-order valence-electron chi connectivity index (χ3n) is 4.97. The Hall–Kier alpha value is -0.413. The van der Waals surface area contributed by atoms with Gasteiger partial charge in [0, 0.05) is 13.0 Å². The molecular formula is C19H38O2Si. The molecule has 0 saturated carbocycles. The van der Waals surface area contributed by atoms with E-state index >= 15 is 0 Å². The molecule has 0 fully saturated rings. The molecule has 0 saturated heterocycles. The zero-order chi connectivity index (χ0) is 17.6. The number of rotatable bonds is 9. The van der Waals surface area contributed by atoms with Gasteiger partial charge < -0.3 is 9.22 Å². The lowest BCUT2D eigenvalue weighted by atomic mass is 9.81. The van der Waals surface area contributed by atoms with Gasteiger partial charge >= 0.3 is 0 Å². The molecular weight excluding hydrogens is 288 g/mol. The summed E-state index contributed by atoms with van der Waals surface area (Å²) in [5.74, 6) is 0.278. The van der Waals surface area contributed by atoms with E-state index in [1.54, 1.807) is 6.92 Å². The van der Waals surface area contributed by atoms with Crippen LogP contribution < -0.4 is 0 Å². The van der Waals surface area contributed by atoms with Crippen molar-refractivity contribution in [3.63, 3.8) is 0 Å². The van der Waals surface area contributed by atoms with Crippen molar-refractivity contribution in [1.82, 2.24) is 0 Å². The highest BCUT2D eigenvalue weighted by Crippen LogP contribution is 2.39. The van der Waals surface area contributed by atoms with Gasteiger partial charge in [0.25, 0.3) is 0 Å². The number of ketones is 1. The van der Waals surface area contributed by atoms with E-state index in [0.29, 0.717) is 6.42 Å². The van der Waals surface area contributed by atoms with Gasteiger partial charge in [0.2, 0.25) is 0 Å². The molecule has 0 radical (unpaired) electrons. The first-order chi connectivity index (χ1) is 9.79. The zero-order valence-corrected chi connectivity index (χ0v) is 17.4. The number of allylic oxidation sites excluding steroid dienone is 2. The summed E-state index contributed by atoms with van der Waals surface area (Å²) in [6.45, 7) is 20.4. The van der Waals surface area contributed by atoms with Gasteiger partial charge in [0.1, 0.15) is 5.78 Å². The van der Waals surface area contributed by atoms with Crippen LogP contribution in [0.25, 0.3) is 0 Å². The van der Waals surface area contributed by atoms with Crippen LogP contribution in [0.4, 0.5) is 0 Å². The van der Waals surface area contributed by atoms with Gasteiger partial charge in [-0.05, 0) is 63.6 Å². The second kappa shape index (κ2) is 8.44. The Morgan fingerprint density at radius 3 is 2.00 bits per heavy atom. The molecule has 0 spiro atoms. The van der Waals surface area contributed by atoms with Crippen LogP contribution in [-0.4, -0.2) is 20.7 Å². The van der Waals surface area contributed by atoms with E-state index in [0.717, 1.165) is 25.9 Å². The summed E-state index contributed by atoms with van der Waals surface area (Å²) in [7, 11) is -1.73. The van der Waals surface area contributed by atoms with E-state index in [2.05, 4.69) is 60.7 Å². The first-order valence-corrected chi connectivity index (χ1v) is 11.5. The van der Waals surface area contributed by atoms with Gasteiger partial charge in [-0.15, -0.1) is 0 Å². The van der Waals surface area contributed by atoms with Crippen molar-refractivity contribution in [1.29, 1.82) is 0 Å². The lowest BCUT2D eigenvalue weighted by molar-refractivity contribution is -0.117. The lowest BCUT2D eigenvalue weighted by Crippen LogP contribution is -2.43. The highest BCUT2D eigenvalue weighted by molar-refractivity contribution is 6.74. The van der Waals surface area contributed by atoms with Crippen LogP contribution in [0.3, 0.4) is 0 Å². The van der Waals surface area contributed by atoms with Gasteiger partial charge in [0.15, 0.2) is 8.32 Å². The Bertz CT molecular complexity index is 387. The number of hydrogen-bond donors (Lipinski definition) is 0. The molecule has 0 unspecified atom stereocenters. The lowest BCUT2D eigenvalue weighted by Gasteiger charge is -2.40. The number of Topliss-reactive ketones (excluding diaryl/α,β-unsaturated/α-hetero) is 1. The highest BCUT2D eigenvalue weighted by atomic mass is 28.4. The second-order valence-corrected chi connectivity index (χ2v) is 13.7. The second-order valence-electron chi connectivity index (χ2n) is 8.88. The maximum atomic E-state index is 11.4. The van der Waals surface area contributed by atoms with Crippen molar-refractivity contribution in [2.75, 3.05) is 6.61 Å². The molecule has 22 heavy (non-hydrogen) atoms. The Morgan fingerprint density at radius 2 is 1.59 bits per heavy atom. The van der Waals surface area contributed by atoms with Crippen LogP contribution in [0.1, 0.15) is 74.1 Å². The monoisotopic (exact) mass is 326 g/mol. The van der Waals surface area contributed by atoms with Crippen molar-refractivity contribution in [2.45, 2.75) is 92.3 Å². The molecule has 1 atom stereocenters. The van der Waals surface area contributed by atoms with Crippen molar-refractivity contribution in [3.8, 4) is 0 Å². The molecule has 0 bridgehead atoms. The average Bonchev–Trinajstić information content (AvgIpc) is 2.32. The fourth-order valence-electron chi connectivity index (χ4n) is 2.03. The summed E-state index contributed by atoms with van der Waals surface area (Å²) in [6.07, 6.45) is 6.02. The summed E-state index contributed by atoms with van der Waals surface area (Å²) in [5.41, 5.74) is 1.45. The largest absolute Gasteiger partial charge is 0.416 e. The molecule has 0 aromatic rings. The van der Waals surface area contributed by atoms with Crippen LogP contribution >= 0.6 is 0 Å². The summed E-state index contributed by atoms with van der Waals surface area (Å²) < 4.78 is 6.46. The molecule has 2 nitrogen and oxygen atoms in total. The van der Waals surface area contributed by atoms with Gasteiger partial charge in [-0.2, -0.15) is 0 Å². The Balaban J connectivity index is 4.85. The SMILES string of the molecule is CC(=O)CC[C@@](C)(CCC=C(C)C)CO[Si](C)(C)C(C)(C)C. The molecule has 0 heterocycles. The number of carbonyl (C=O) groups excluding carboxylic acids is 1. The minimum atomic E-state index is -1.73. The predicted octanol–water partition coefficient (Wildman–Crippen LogP) is 6.13. The minimum Gasteiger partial charge on any atom is -0.416 e.